The average Bonchev–Trinajstić information content (AvgIpc) is 3.05. The normalized spacial score (nSPS) is 12.5. The maximum absolute atomic E-state index is 5.20. The number of hydrogen-bond acceptors (Lipinski definition) is 5. The van der Waals surface area contributed by atoms with Crippen LogP contribution in [0.15, 0.2) is 66.7 Å². The lowest BCUT2D eigenvalue weighted by molar-refractivity contribution is 0.591. The third kappa shape index (κ3) is 5.73. The Balaban J connectivity index is 1.59. The van der Waals surface area contributed by atoms with Crippen molar-refractivity contribution < 1.29 is 0 Å². The molecule has 0 spiro atoms. The van der Waals surface area contributed by atoms with Gasteiger partial charge in [0.05, 0.1) is 0 Å². The van der Waals surface area contributed by atoms with Crippen LogP contribution in [0.3, 0.4) is 0 Å². The third-order valence-electron chi connectivity index (χ3n) is 9.88. The van der Waals surface area contributed by atoms with Gasteiger partial charge in [0.15, 0.2) is 17.5 Å². The lowest BCUT2D eigenvalue weighted by atomic mass is 9.82. The molecule has 2 heterocycles. The van der Waals surface area contributed by atoms with Crippen LogP contribution in [0.5, 0.6) is 0 Å². The summed E-state index contributed by atoms with van der Waals surface area (Å²) in [6, 6.07) is 24.5. The summed E-state index contributed by atoms with van der Waals surface area (Å²) in [5.74, 6) is 3.74. The van der Waals surface area contributed by atoms with E-state index in [1.54, 1.807) is 0 Å². The molecule has 5 nitrogen and oxygen atoms in total. The van der Waals surface area contributed by atoms with Gasteiger partial charge in [0.25, 0.3) is 0 Å². The van der Waals surface area contributed by atoms with E-state index in [9.17, 15) is 0 Å². The van der Waals surface area contributed by atoms with Gasteiger partial charge in [-0.15, -0.1) is 0 Å². The van der Waals surface area contributed by atoms with E-state index >= 15 is 0 Å². The van der Waals surface area contributed by atoms with Gasteiger partial charge in [0.1, 0.15) is 5.82 Å². The number of aromatic nitrogens is 5. The molecule has 7 aromatic rings. The smallest absolute Gasteiger partial charge is 0.164 e. The summed E-state index contributed by atoms with van der Waals surface area (Å²) in [6.45, 7) is 24.2. The molecule has 0 saturated carbocycles. The van der Waals surface area contributed by atoms with Gasteiger partial charge in [-0.1, -0.05) is 111 Å². The van der Waals surface area contributed by atoms with E-state index in [2.05, 4.69) is 143 Å². The SMILES string of the molecule is Cc1cccc(C)c1-c1nc(-c2ccc3c(-c4nc(C(C)C)cc(C(C)C)n4)cc4cc(C(C)(C)C)cc5ccc2c3c54)nc(C(C)C)n1. The Bertz CT molecular complexity index is 2330. The van der Waals surface area contributed by atoms with Crippen LogP contribution < -0.4 is 0 Å². The van der Waals surface area contributed by atoms with Crippen LogP contribution in [0, 0.1) is 13.8 Å². The zero-order valence-corrected chi connectivity index (χ0v) is 30.8. The maximum atomic E-state index is 5.20. The Kier molecular flexibility index (Phi) is 8.01. The largest absolute Gasteiger partial charge is 0.233 e. The Morgan fingerprint density at radius 2 is 1.08 bits per heavy atom. The van der Waals surface area contributed by atoms with Gasteiger partial charge in [0.2, 0.25) is 0 Å². The number of aryl methyl sites for hydroxylation is 2. The van der Waals surface area contributed by atoms with E-state index in [1.165, 1.54) is 27.1 Å². The van der Waals surface area contributed by atoms with E-state index in [1.807, 2.05) is 0 Å². The Labute approximate surface area is 290 Å². The Morgan fingerprint density at radius 3 is 1.69 bits per heavy atom. The van der Waals surface area contributed by atoms with E-state index in [0.29, 0.717) is 17.7 Å². The molecule has 5 aromatic carbocycles. The zero-order chi connectivity index (χ0) is 34.9. The molecule has 2 aromatic heterocycles. The van der Waals surface area contributed by atoms with Crippen LogP contribution in [0.2, 0.25) is 0 Å². The van der Waals surface area contributed by atoms with Crippen molar-refractivity contribution in [2.75, 3.05) is 0 Å². The minimum atomic E-state index is -0.00310. The van der Waals surface area contributed by atoms with Crippen molar-refractivity contribution in [3.8, 4) is 34.2 Å². The van der Waals surface area contributed by atoms with Crippen molar-refractivity contribution in [2.45, 2.75) is 99.3 Å². The Morgan fingerprint density at radius 1 is 0.510 bits per heavy atom. The van der Waals surface area contributed by atoms with E-state index in [4.69, 9.17) is 24.9 Å². The topological polar surface area (TPSA) is 64.5 Å². The summed E-state index contributed by atoms with van der Waals surface area (Å²) < 4.78 is 0. The molecular formula is C44H47N5. The molecule has 0 aliphatic rings. The molecule has 0 atom stereocenters. The van der Waals surface area contributed by atoms with Crippen LogP contribution >= 0.6 is 0 Å². The molecule has 0 unspecified atom stereocenters. The summed E-state index contributed by atoms with van der Waals surface area (Å²) in [4.78, 5) is 25.7. The Hall–Kier alpha value is -4.77. The highest BCUT2D eigenvalue weighted by Gasteiger charge is 2.23. The molecule has 0 fully saturated rings. The van der Waals surface area contributed by atoms with E-state index < -0.39 is 0 Å². The first-order valence-corrected chi connectivity index (χ1v) is 17.7. The second kappa shape index (κ2) is 12.0. The predicted octanol–water partition coefficient (Wildman–Crippen LogP) is 11.8. The summed E-state index contributed by atoms with van der Waals surface area (Å²) in [5.41, 5.74) is 8.90. The fourth-order valence-electron chi connectivity index (χ4n) is 6.98. The maximum Gasteiger partial charge on any atom is 0.164 e. The number of rotatable bonds is 6. The number of nitrogens with zero attached hydrogens (tertiary/aromatic N) is 5. The molecular weight excluding hydrogens is 599 g/mol. The van der Waals surface area contributed by atoms with Crippen molar-refractivity contribution in [1.82, 2.24) is 24.9 Å². The van der Waals surface area contributed by atoms with Gasteiger partial charge in [-0.05, 0) is 98.3 Å². The lowest BCUT2D eigenvalue weighted by Gasteiger charge is -2.23. The third-order valence-corrected chi connectivity index (χ3v) is 9.88. The number of benzene rings is 5. The standard InChI is InChI=1S/C44H47N5/c1-23(2)35-22-36(24(3)4)46-42(45-35)34-21-29-20-30(44(9,10)11)19-28-15-16-31-33(18-17-32(34)39(31)38(28)29)41-47-40(25(5)6)48-43(49-41)37-26(7)13-12-14-27(37)8/h12-25H,1-11H3. The summed E-state index contributed by atoms with van der Waals surface area (Å²) in [5, 5.41) is 7.16. The van der Waals surface area contributed by atoms with E-state index in [0.717, 1.165) is 67.5 Å². The van der Waals surface area contributed by atoms with Crippen molar-refractivity contribution in [3.63, 3.8) is 0 Å². The summed E-state index contributed by atoms with van der Waals surface area (Å²) >= 11 is 0. The quantitative estimate of drug-likeness (QED) is 0.168. The van der Waals surface area contributed by atoms with Crippen molar-refractivity contribution in [1.29, 1.82) is 0 Å². The lowest BCUT2D eigenvalue weighted by Crippen LogP contribution is -2.11. The van der Waals surface area contributed by atoms with Crippen LogP contribution in [0.25, 0.3) is 66.5 Å². The zero-order valence-electron chi connectivity index (χ0n) is 30.8. The second-order valence-corrected chi connectivity index (χ2v) is 15.7. The monoisotopic (exact) mass is 645 g/mol. The molecule has 0 bridgehead atoms. The first-order chi connectivity index (χ1) is 23.2. The molecule has 248 valence electrons. The predicted molar refractivity (Wildman–Crippen MR) is 206 cm³/mol. The van der Waals surface area contributed by atoms with Gasteiger partial charge < -0.3 is 0 Å². The van der Waals surface area contributed by atoms with Crippen LogP contribution in [0.4, 0.5) is 0 Å². The molecule has 0 amide bonds. The molecule has 49 heavy (non-hydrogen) atoms. The van der Waals surface area contributed by atoms with Crippen molar-refractivity contribution >= 4 is 32.3 Å². The van der Waals surface area contributed by atoms with Gasteiger partial charge >= 0.3 is 0 Å². The second-order valence-electron chi connectivity index (χ2n) is 15.7. The molecule has 0 aliphatic heterocycles. The first-order valence-electron chi connectivity index (χ1n) is 17.7. The fourth-order valence-corrected chi connectivity index (χ4v) is 6.98. The molecule has 5 heteroatoms. The van der Waals surface area contributed by atoms with Gasteiger partial charge in [-0.2, -0.15) is 0 Å². The number of hydrogen-bond donors (Lipinski definition) is 0. The average molecular weight is 646 g/mol. The van der Waals surface area contributed by atoms with Gasteiger partial charge in [-0.3, -0.25) is 0 Å². The molecule has 0 saturated heterocycles. The van der Waals surface area contributed by atoms with Crippen molar-refractivity contribution in [2.24, 2.45) is 0 Å². The summed E-state index contributed by atoms with van der Waals surface area (Å²) in [7, 11) is 0. The highest BCUT2D eigenvalue weighted by atomic mass is 15.0. The fraction of sp³-hybridized carbons (Fsp3) is 0.341. The minimum absolute atomic E-state index is 0.00310. The molecule has 0 radical (unpaired) electrons. The minimum Gasteiger partial charge on any atom is -0.233 e. The summed E-state index contributed by atoms with van der Waals surface area (Å²) in [6.07, 6.45) is 0. The highest BCUT2D eigenvalue weighted by Crippen LogP contribution is 2.44. The van der Waals surface area contributed by atoms with E-state index in [-0.39, 0.29) is 11.3 Å². The molecule has 0 aliphatic carbocycles. The van der Waals surface area contributed by atoms with Crippen LogP contribution in [0.1, 0.15) is 114 Å². The van der Waals surface area contributed by atoms with Crippen LogP contribution in [-0.2, 0) is 5.41 Å². The van der Waals surface area contributed by atoms with Crippen molar-refractivity contribution in [3.05, 3.63) is 101 Å². The highest BCUT2D eigenvalue weighted by molar-refractivity contribution is 6.28. The van der Waals surface area contributed by atoms with Crippen LogP contribution in [-0.4, -0.2) is 24.9 Å². The molecule has 0 N–H and O–H groups in total. The van der Waals surface area contributed by atoms with Gasteiger partial charge in [0, 0.05) is 34.0 Å². The molecule has 7 rings (SSSR count). The van der Waals surface area contributed by atoms with Gasteiger partial charge in [-0.25, -0.2) is 24.9 Å². The first kappa shape index (κ1) is 32.8.